The molecular weight excluding hydrogens is 242 g/mol. The van der Waals surface area contributed by atoms with E-state index < -0.39 is 0 Å². The summed E-state index contributed by atoms with van der Waals surface area (Å²) in [7, 11) is 0. The van der Waals surface area contributed by atoms with Gasteiger partial charge in [0.1, 0.15) is 5.75 Å². The van der Waals surface area contributed by atoms with Gasteiger partial charge in [0, 0.05) is 18.0 Å². The summed E-state index contributed by atoms with van der Waals surface area (Å²) in [6, 6.07) is 1.90. The predicted octanol–water partition coefficient (Wildman–Crippen LogP) is 0.966. The predicted molar refractivity (Wildman–Crippen MR) is 72.8 cm³/mol. The van der Waals surface area contributed by atoms with E-state index in [4.69, 9.17) is 10.5 Å². The molecule has 19 heavy (non-hydrogen) atoms. The molecule has 0 bridgehead atoms. The molecule has 1 aromatic rings. The van der Waals surface area contributed by atoms with Crippen LogP contribution in [0.2, 0.25) is 0 Å². The number of likely N-dealkylation sites (tertiary alicyclic amines) is 1. The van der Waals surface area contributed by atoms with Gasteiger partial charge in [0.15, 0.2) is 0 Å². The molecule has 1 amide bonds. The summed E-state index contributed by atoms with van der Waals surface area (Å²) < 4.78 is 5.84. The Bertz CT molecular complexity index is 428. The molecule has 2 heterocycles. The molecule has 1 aliphatic rings. The molecule has 0 saturated carbocycles. The van der Waals surface area contributed by atoms with E-state index in [-0.39, 0.29) is 5.91 Å². The van der Waals surface area contributed by atoms with E-state index in [2.05, 4.69) is 9.88 Å². The number of hydrogen-bond donors (Lipinski definition) is 1. The monoisotopic (exact) mass is 263 g/mol. The van der Waals surface area contributed by atoms with Crippen LogP contribution in [0.5, 0.6) is 5.75 Å². The number of piperidine rings is 1. The van der Waals surface area contributed by atoms with Crippen LogP contribution in [0.15, 0.2) is 18.5 Å². The molecule has 2 rings (SSSR count). The molecule has 1 saturated heterocycles. The minimum atomic E-state index is -0.248. The molecule has 5 heteroatoms. The van der Waals surface area contributed by atoms with Crippen molar-refractivity contribution in [2.75, 3.05) is 26.2 Å². The highest BCUT2D eigenvalue weighted by Gasteiger charge is 2.20. The number of rotatable bonds is 5. The van der Waals surface area contributed by atoms with Crippen LogP contribution in [0.1, 0.15) is 18.4 Å². The van der Waals surface area contributed by atoms with E-state index in [1.54, 1.807) is 6.20 Å². The SMILES string of the molecule is Cc1cnccc1OCC1CCN(CC(N)=O)CC1. The first-order chi connectivity index (χ1) is 9.15. The van der Waals surface area contributed by atoms with Crippen molar-refractivity contribution in [3.05, 3.63) is 24.0 Å². The Labute approximate surface area is 113 Å². The molecule has 1 fully saturated rings. The second kappa shape index (κ2) is 6.52. The Hall–Kier alpha value is -1.62. The fraction of sp³-hybridized carbons (Fsp3) is 0.571. The van der Waals surface area contributed by atoms with Crippen molar-refractivity contribution in [3.8, 4) is 5.75 Å². The molecular formula is C14H21N3O2. The van der Waals surface area contributed by atoms with Gasteiger partial charge >= 0.3 is 0 Å². The van der Waals surface area contributed by atoms with E-state index >= 15 is 0 Å². The van der Waals surface area contributed by atoms with Crippen LogP contribution < -0.4 is 10.5 Å². The summed E-state index contributed by atoms with van der Waals surface area (Å²) in [6.45, 7) is 4.95. The zero-order valence-electron chi connectivity index (χ0n) is 11.3. The van der Waals surface area contributed by atoms with E-state index in [1.165, 1.54) is 0 Å². The maximum Gasteiger partial charge on any atom is 0.231 e. The van der Waals surface area contributed by atoms with Gasteiger partial charge in [-0.15, -0.1) is 0 Å². The first-order valence-corrected chi connectivity index (χ1v) is 6.69. The average molecular weight is 263 g/mol. The molecule has 0 atom stereocenters. The van der Waals surface area contributed by atoms with Crippen molar-refractivity contribution >= 4 is 5.91 Å². The quantitative estimate of drug-likeness (QED) is 0.859. The molecule has 0 radical (unpaired) electrons. The summed E-state index contributed by atoms with van der Waals surface area (Å²) in [4.78, 5) is 17.0. The van der Waals surface area contributed by atoms with Crippen molar-refractivity contribution < 1.29 is 9.53 Å². The fourth-order valence-electron chi connectivity index (χ4n) is 2.36. The minimum absolute atomic E-state index is 0.248. The van der Waals surface area contributed by atoms with Crippen molar-refractivity contribution in [2.45, 2.75) is 19.8 Å². The van der Waals surface area contributed by atoms with Gasteiger partial charge in [-0.25, -0.2) is 0 Å². The molecule has 1 aliphatic heterocycles. The Morgan fingerprint density at radius 1 is 1.53 bits per heavy atom. The first-order valence-electron chi connectivity index (χ1n) is 6.69. The van der Waals surface area contributed by atoms with Gasteiger partial charge in [-0.05, 0) is 44.8 Å². The molecule has 0 aromatic carbocycles. The van der Waals surface area contributed by atoms with Gasteiger partial charge in [-0.1, -0.05) is 0 Å². The number of carbonyl (C=O) groups is 1. The lowest BCUT2D eigenvalue weighted by molar-refractivity contribution is -0.119. The Balaban J connectivity index is 1.74. The van der Waals surface area contributed by atoms with Crippen molar-refractivity contribution in [3.63, 3.8) is 0 Å². The summed E-state index contributed by atoms with van der Waals surface area (Å²) in [5.41, 5.74) is 6.26. The number of pyridine rings is 1. The smallest absolute Gasteiger partial charge is 0.231 e. The lowest BCUT2D eigenvalue weighted by Crippen LogP contribution is -2.40. The summed E-state index contributed by atoms with van der Waals surface area (Å²) in [5.74, 6) is 1.22. The number of hydrogen-bond acceptors (Lipinski definition) is 4. The normalized spacial score (nSPS) is 17.3. The Morgan fingerprint density at radius 2 is 2.26 bits per heavy atom. The number of nitrogens with two attached hydrogens (primary N) is 1. The number of aryl methyl sites for hydroxylation is 1. The number of amides is 1. The van der Waals surface area contributed by atoms with Gasteiger partial charge in [0.25, 0.3) is 0 Å². The Kier molecular flexibility index (Phi) is 4.74. The van der Waals surface area contributed by atoms with Gasteiger partial charge in [-0.3, -0.25) is 14.7 Å². The largest absolute Gasteiger partial charge is 0.493 e. The molecule has 2 N–H and O–H groups in total. The van der Waals surface area contributed by atoms with E-state index in [0.29, 0.717) is 12.5 Å². The third-order valence-electron chi connectivity index (χ3n) is 3.53. The van der Waals surface area contributed by atoms with Crippen molar-refractivity contribution in [1.82, 2.24) is 9.88 Å². The summed E-state index contributed by atoms with van der Waals surface area (Å²) >= 11 is 0. The van der Waals surface area contributed by atoms with Gasteiger partial charge in [0.05, 0.1) is 13.2 Å². The van der Waals surface area contributed by atoms with Gasteiger partial charge in [0.2, 0.25) is 5.91 Å². The van der Waals surface area contributed by atoms with Crippen LogP contribution in [-0.4, -0.2) is 42.0 Å². The second-order valence-electron chi connectivity index (χ2n) is 5.14. The zero-order valence-corrected chi connectivity index (χ0v) is 11.3. The van der Waals surface area contributed by atoms with Crippen LogP contribution in [0.25, 0.3) is 0 Å². The highest BCUT2D eigenvalue weighted by molar-refractivity contribution is 5.75. The first kappa shape index (κ1) is 13.8. The zero-order chi connectivity index (χ0) is 13.7. The highest BCUT2D eigenvalue weighted by atomic mass is 16.5. The minimum Gasteiger partial charge on any atom is -0.493 e. The second-order valence-corrected chi connectivity index (χ2v) is 5.14. The molecule has 0 spiro atoms. The standard InChI is InChI=1S/C14H21N3O2/c1-11-8-16-5-2-13(11)19-10-12-3-6-17(7-4-12)9-14(15)18/h2,5,8,12H,3-4,6-7,9-10H2,1H3,(H2,15,18). The number of carbonyl (C=O) groups excluding carboxylic acids is 1. The number of primary amides is 1. The lowest BCUT2D eigenvalue weighted by atomic mass is 9.98. The summed E-state index contributed by atoms with van der Waals surface area (Å²) in [5, 5.41) is 0. The van der Waals surface area contributed by atoms with E-state index in [1.807, 2.05) is 19.2 Å². The van der Waals surface area contributed by atoms with Crippen LogP contribution >= 0.6 is 0 Å². The molecule has 5 nitrogen and oxygen atoms in total. The molecule has 104 valence electrons. The van der Waals surface area contributed by atoms with Gasteiger partial charge in [-0.2, -0.15) is 0 Å². The molecule has 0 aliphatic carbocycles. The summed E-state index contributed by atoms with van der Waals surface area (Å²) in [6.07, 6.45) is 5.66. The van der Waals surface area contributed by atoms with Crippen LogP contribution in [-0.2, 0) is 4.79 Å². The van der Waals surface area contributed by atoms with Gasteiger partial charge < -0.3 is 10.5 Å². The topological polar surface area (TPSA) is 68.4 Å². The van der Waals surface area contributed by atoms with E-state index in [9.17, 15) is 4.79 Å². The van der Waals surface area contributed by atoms with Crippen molar-refractivity contribution in [1.29, 1.82) is 0 Å². The molecule has 1 aromatic heterocycles. The number of aromatic nitrogens is 1. The number of ether oxygens (including phenoxy) is 1. The third-order valence-corrected chi connectivity index (χ3v) is 3.53. The lowest BCUT2D eigenvalue weighted by Gasteiger charge is -2.30. The van der Waals surface area contributed by atoms with E-state index in [0.717, 1.165) is 43.9 Å². The number of nitrogens with zero attached hydrogens (tertiary/aromatic N) is 2. The van der Waals surface area contributed by atoms with Crippen LogP contribution in [0, 0.1) is 12.8 Å². The average Bonchev–Trinajstić information content (AvgIpc) is 2.39. The van der Waals surface area contributed by atoms with Crippen molar-refractivity contribution in [2.24, 2.45) is 11.7 Å². The maximum atomic E-state index is 10.8. The van der Waals surface area contributed by atoms with Crippen LogP contribution in [0.3, 0.4) is 0 Å². The Morgan fingerprint density at radius 3 is 2.89 bits per heavy atom. The highest BCUT2D eigenvalue weighted by Crippen LogP contribution is 2.20. The molecule has 0 unspecified atom stereocenters. The third kappa shape index (κ3) is 4.21. The fourth-order valence-corrected chi connectivity index (χ4v) is 2.36. The maximum absolute atomic E-state index is 10.8. The van der Waals surface area contributed by atoms with Crippen LogP contribution in [0.4, 0.5) is 0 Å².